The van der Waals surface area contributed by atoms with Crippen LogP contribution in [0.15, 0.2) is 16.7 Å². The molecule has 1 N–H and O–H groups in total. The van der Waals surface area contributed by atoms with Crippen LogP contribution in [0, 0.1) is 0 Å². The predicted octanol–water partition coefficient (Wildman–Crippen LogP) is 2.45. The lowest BCUT2D eigenvalue weighted by atomic mass is 9.99. The van der Waals surface area contributed by atoms with Crippen LogP contribution in [-0.4, -0.2) is 49.1 Å². The summed E-state index contributed by atoms with van der Waals surface area (Å²) in [6, 6.07) is 2.96. The standard InChI is InChI=1S/C17H29N3O/c1-18-13-17-15(7-12-21-17)14-19-10-5-16(6-11-19)20-8-3-2-4-9-20/h7,12,16,18H,2-6,8-11,13-14H2,1H3. The second-order valence-corrected chi connectivity index (χ2v) is 6.50. The first kappa shape index (κ1) is 15.1. The highest BCUT2D eigenvalue weighted by molar-refractivity contribution is 5.17. The zero-order chi connectivity index (χ0) is 14.5. The predicted molar refractivity (Wildman–Crippen MR) is 85.2 cm³/mol. The number of nitrogens with one attached hydrogen (secondary N) is 1. The minimum Gasteiger partial charge on any atom is -0.468 e. The van der Waals surface area contributed by atoms with Gasteiger partial charge >= 0.3 is 0 Å². The molecule has 0 spiro atoms. The Balaban J connectivity index is 1.48. The van der Waals surface area contributed by atoms with Gasteiger partial charge in [0, 0.05) is 18.2 Å². The fourth-order valence-electron chi connectivity index (χ4n) is 3.79. The SMILES string of the molecule is CNCc1occc1CN1CCC(N2CCCCC2)CC1. The highest BCUT2D eigenvalue weighted by Crippen LogP contribution is 2.22. The van der Waals surface area contributed by atoms with E-state index in [-0.39, 0.29) is 0 Å². The molecular formula is C17H29N3O. The number of hydrogen-bond acceptors (Lipinski definition) is 4. The van der Waals surface area contributed by atoms with Gasteiger partial charge in [0.25, 0.3) is 0 Å². The average Bonchev–Trinajstić information content (AvgIpc) is 2.96. The Bertz CT molecular complexity index is 417. The van der Waals surface area contributed by atoms with Crippen LogP contribution in [0.2, 0.25) is 0 Å². The summed E-state index contributed by atoms with van der Waals surface area (Å²) in [5.74, 6) is 1.09. The minimum absolute atomic E-state index is 0.826. The van der Waals surface area contributed by atoms with Crippen molar-refractivity contribution in [1.82, 2.24) is 15.1 Å². The largest absolute Gasteiger partial charge is 0.468 e. The molecule has 2 fully saturated rings. The van der Waals surface area contributed by atoms with Crippen LogP contribution in [0.3, 0.4) is 0 Å². The molecule has 3 rings (SSSR count). The number of hydrogen-bond donors (Lipinski definition) is 1. The van der Waals surface area contributed by atoms with E-state index in [9.17, 15) is 0 Å². The highest BCUT2D eigenvalue weighted by Gasteiger charge is 2.25. The Labute approximate surface area is 128 Å². The summed E-state index contributed by atoms with van der Waals surface area (Å²) in [6.07, 6.45) is 8.73. The van der Waals surface area contributed by atoms with Crippen molar-refractivity contribution in [1.29, 1.82) is 0 Å². The van der Waals surface area contributed by atoms with Crippen LogP contribution in [0.1, 0.15) is 43.4 Å². The van der Waals surface area contributed by atoms with Crippen molar-refractivity contribution < 1.29 is 4.42 Å². The van der Waals surface area contributed by atoms with Crippen LogP contribution < -0.4 is 5.32 Å². The van der Waals surface area contributed by atoms with Crippen LogP contribution >= 0.6 is 0 Å². The molecule has 4 heteroatoms. The number of rotatable bonds is 5. The van der Waals surface area contributed by atoms with Crippen molar-refractivity contribution in [2.75, 3.05) is 33.2 Å². The van der Waals surface area contributed by atoms with E-state index in [1.807, 2.05) is 13.3 Å². The third-order valence-corrected chi connectivity index (χ3v) is 5.03. The zero-order valence-electron chi connectivity index (χ0n) is 13.3. The Hall–Kier alpha value is -0.840. The summed E-state index contributed by atoms with van der Waals surface area (Å²) in [7, 11) is 1.97. The first-order valence-electron chi connectivity index (χ1n) is 8.53. The van der Waals surface area contributed by atoms with Crippen LogP contribution in [-0.2, 0) is 13.1 Å². The molecule has 1 aromatic heterocycles. The van der Waals surface area contributed by atoms with Gasteiger partial charge in [-0.15, -0.1) is 0 Å². The number of likely N-dealkylation sites (tertiary alicyclic amines) is 2. The third kappa shape index (κ3) is 3.87. The van der Waals surface area contributed by atoms with E-state index < -0.39 is 0 Å². The van der Waals surface area contributed by atoms with Crippen molar-refractivity contribution in [2.24, 2.45) is 0 Å². The van der Waals surface area contributed by atoms with E-state index >= 15 is 0 Å². The Morgan fingerprint density at radius 2 is 1.90 bits per heavy atom. The second-order valence-electron chi connectivity index (χ2n) is 6.50. The topological polar surface area (TPSA) is 31.7 Å². The maximum absolute atomic E-state index is 5.57. The monoisotopic (exact) mass is 291 g/mol. The normalized spacial score (nSPS) is 22.7. The van der Waals surface area contributed by atoms with Gasteiger partial charge in [0.2, 0.25) is 0 Å². The summed E-state index contributed by atoms with van der Waals surface area (Å²) in [4.78, 5) is 5.33. The second kappa shape index (κ2) is 7.43. The minimum atomic E-state index is 0.826. The fraction of sp³-hybridized carbons (Fsp3) is 0.765. The summed E-state index contributed by atoms with van der Waals surface area (Å²) >= 11 is 0. The van der Waals surface area contributed by atoms with Gasteiger partial charge in [0.1, 0.15) is 5.76 Å². The van der Waals surface area contributed by atoms with Gasteiger partial charge in [-0.05, 0) is 65.0 Å². The number of piperidine rings is 2. The Kier molecular flexibility index (Phi) is 5.33. The molecular weight excluding hydrogens is 262 g/mol. The summed E-state index contributed by atoms with van der Waals surface area (Å²) in [5.41, 5.74) is 1.35. The maximum Gasteiger partial charge on any atom is 0.122 e. The zero-order valence-corrected chi connectivity index (χ0v) is 13.3. The van der Waals surface area contributed by atoms with Crippen LogP contribution in [0.4, 0.5) is 0 Å². The van der Waals surface area contributed by atoms with Gasteiger partial charge in [-0.3, -0.25) is 4.90 Å². The smallest absolute Gasteiger partial charge is 0.122 e. The molecule has 4 nitrogen and oxygen atoms in total. The summed E-state index contributed by atoms with van der Waals surface area (Å²) < 4.78 is 5.57. The quantitative estimate of drug-likeness (QED) is 0.903. The molecule has 1 aromatic rings. The van der Waals surface area contributed by atoms with Crippen molar-refractivity contribution in [3.8, 4) is 0 Å². The lowest BCUT2D eigenvalue weighted by Crippen LogP contribution is -2.46. The van der Waals surface area contributed by atoms with E-state index in [1.165, 1.54) is 63.8 Å². The third-order valence-electron chi connectivity index (χ3n) is 5.03. The highest BCUT2D eigenvalue weighted by atomic mass is 16.3. The Morgan fingerprint density at radius 3 is 2.62 bits per heavy atom. The first-order chi connectivity index (χ1) is 10.4. The summed E-state index contributed by atoms with van der Waals surface area (Å²) in [6.45, 7) is 6.99. The van der Waals surface area contributed by atoms with Gasteiger partial charge in [0.15, 0.2) is 0 Å². The van der Waals surface area contributed by atoms with Crippen molar-refractivity contribution in [3.05, 3.63) is 23.7 Å². The first-order valence-corrected chi connectivity index (χ1v) is 8.53. The van der Waals surface area contributed by atoms with Crippen molar-refractivity contribution in [3.63, 3.8) is 0 Å². The molecule has 0 aromatic carbocycles. The van der Waals surface area contributed by atoms with Crippen molar-refractivity contribution in [2.45, 2.75) is 51.2 Å². The van der Waals surface area contributed by atoms with Gasteiger partial charge in [-0.2, -0.15) is 0 Å². The fourth-order valence-corrected chi connectivity index (χ4v) is 3.79. The van der Waals surface area contributed by atoms with E-state index in [2.05, 4.69) is 21.2 Å². The molecule has 0 saturated carbocycles. The molecule has 2 saturated heterocycles. The van der Waals surface area contributed by atoms with E-state index in [0.29, 0.717) is 0 Å². The molecule has 2 aliphatic heterocycles. The molecule has 0 radical (unpaired) electrons. The van der Waals surface area contributed by atoms with Gasteiger partial charge in [0.05, 0.1) is 12.8 Å². The number of nitrogens with zero attached hydrogens (tertiary/aromatic N) is 2. The van der Waals surface area contributed by atoms with E-state index in [1.54, 1.807) is 0 Å². The molecule has 0 bridgehead atoms. The van der Waals surface area contributed by atoms with Gasteiger partial charge in [-0.25, -0.2) is 0 Å². The lowest BCUT2D eigenvalue weighted by Gasteiger charge is -2.40. The lowest BCUT2D eigenvalue weighted by molar-refractivity contribution is 0.0894. The van der Waals surface area contributed by atoms with E-state index in [0.717, 1.165) is 24.9 Å². The molecule has 0 unspecified atom stereocenters. The molecule has 3 heterocycles. The van der Waals surface area contributed by atoms with E-state index in [4.69, 9.17) is 4.42 Å². The van der Waals surface area contributed by atoms with Gasteiger partial charge in [-0.1, -0.05) is 6.42 Å². The molecule has 0 amide bonds. The summed E-state index contributed by atoms with van der Waals surface area (Å²) in [5, 5.41) is 3.18. The molecule has 2 aliphatic rings. The molecule has 0 atom stereocenters. The Morgan fingerprint density at radius 1 is 1.14 bits per heavy atom. The molecule has 118 valence electrons. The van der Waals surface area contributed by atoms with Crippen LogP contribution in [0.5, 0.6) is 0 Å². The van der Waals surface area contributed by atoms with Gasteiger partial charge < -0.3 is 14.6 Å². The van der Waals surface area contributed by atoms with Crippen molar-refractivity contribution >= 4 is 0 Å². The molecule has 0 aliphatic carbocycles. The average molecular weight is 291 g/mol. The molecule has 21 heavy (non-hydrogen) atoms. The van der Waals surface area contributed by atoms with Crippen LogP contribution in [0.25, 0.3) is 0 Å². The maximum atomic E-state index is 5.57. The number of furan rings is 1.